The Morgan fingerprint density at radius 3 is 2.53 bits per heavy atom. The average Bonchev–Trinajstić information content (AvgIpc) is 3.42. The molecule has 3 heterocycles. The lowest BCUT2D eigenvalue weighted by molar-refractivity contribution is -0.122. The van der Waals surface area contributed by atoms with E-state index in [-0.39, 0.29) is 23.3 Å². The van der Waals surface area contributed by atoms with Gasteiger partial charge < -0.3 is 19.2 Å². The van der Waals surface area contributed by atoms with Gasteiger partial charge >= 0.3 is 12.1 Å². The van der Waals surface area contributed by atoms with Gasteiger partial charge in [0.2, 0.25) is 17.4 Å². The first-order valence-corrected chi connectivity index (χ1v) is 11.9. The maximum absolute atomic E-state index is 13.6. The number of fused-ring (bicyclic) bond motifs is 1. The van der Waals surface area contributed by atoms with Crippen LogP contribution in [0.1, 0.15) is 69.9 Å². The number of furan rings is 1. The molecule has 2 atom stereocenters. The number of amides is 2. The van der Waals surface area contributed by atoms with E-state index in [9.17, 15) is 14.4 Å². The van der Waals surface area contributed by atoms with Crippen LogP contribution in [-0.2, 0) is 14.3 Å². The predicted octanol–water partition coefficient (Wildman–Crippen LogP) is 4.76. The SMILES string of the molecule is COC(=O)c1cc2cc(NC(=O)[C@@H]3[C@H](C4CCCCC4)CCN3C(=O)OC(C)(C)C)cnc2o1. The molecular weight excluding hydrogens is 438 g/mol. The Bertz CT molecular complexity index is 1070. The van der Waals surface area contributed by atoms with E-state index in [1.54, 1.807) is 11.0 Å². The van der Waals surface area contributed by atoms with E-state index in [1.807, 2.05) is 20.8 Å². The molecule has 2 amide bonds. The molecule has 2 aromatic heterocycles. The first-order chi connectivity index (χ1) is 16.2. The van der Waals surface area contributed by atoms with Gasteiger partial charge in [-0.05, 0) is 45.1 Å². The summed E-state index contributed by atoms with van der Waals surface area (Å²) in [6.45, 7) is 5.96. The van der Waals surface area contributed by atoms with Gasteiger partial charge in [-0.25, -0.2) is 14.6 Å². The molecule has 2 aromatic rings. The lowest BCUT2D eigenvalue weighted by atomic mass is 9.76. The van der Waals surface area contributed by atoms with Crippen molar-refractivity contribution in [2.45, 2.75) is 70.9 Å². The maximum Gasteiger partial charge on any atom is 0.410 e. The summed E-state index contributed by atoms with van der Waals surface area (Å²) in [7, 11) is 1.27. The first-order valence-electron chi connectivity index (χ1n) is 11.9. The molecule has 1 N–H and O–H groups in total. The monoisotopic (exact) mass is 471 g/mol. The van der Waals surface area contributed by atoms with Crippen molar-refractivity contribution in [1.82, 2.24) is 9.88 Å². The molecule has 0 unspecified atom stereocenters. The highest BCUT2D eigenvalue weighted by Crippen LogP contribution is 2.40. The zero-order valence-electron chi connectivity index (χ0n) is 20.3. The van der Waals surface area contributed by atoms with Crippen molar-refractivity contribution in [2.24, 2.45) is 11.8 Å². The van der Waals surface area contributed by atoms with E-state index >= 15 is 0 Å². The number of nitrogens with zero attached hydrogens (tertiary/aromatic N) is 2. The number of ether oxygens (including phenoxy) is 2. The van der Waals surface area contributed by atoms with Gasteiger partial charge in [-0.15, -0.1) is 0 Å². The average molecular weight is 472 g/mol. The van der Waals surface area contributed by atoms with Gasteiger partial charge in [-0.3, -0.25) is 9.69 Å². The Morgan fingerprint density at radius 1 is 1.12 bits per heavy atom. The summed E-state index contributed by atoms with van der Waals surface area (Å²) in [6.07, 6.45) is 7.50. The molecule has 34 heavy (non-hydrogen) atoms. The zero-order valence-corrected chi connectivity index (χ0v) is 20.3. The molecule has 4 rings (SSSR count). The number of methoxy groups -OCH3 is 1. The second-order valence-electron chi connectivity index (χ2n) is 10.2. The van der Waals surface area contributed by atoms with Crippen molar-refractivity contribution in [1.29, 1.82) is 0 Å². The topological polar surface area (TPSA) is 111 Å². The molecule has 1 aliphatic carbocycles. The van der Waals surface area contributed by atoms with Gasteiger partial charge in [-0.1, -0.05) is 32.1 Å². The molecule has 0 bridgehead atoms. The number of hydrogen-bond donors (Lipinski definition) is 1. The summed E-state index contributed by atoms with van der Waals surface area (Å²) < 4.78 is 15.7. The van der Waals surface area contributed by atoms with Crippen molar-refractivity contribution in [3.05, 3.63) is 24.1 Å². The molecule has 9 nitrogen and oxygen atoms in total. The van der Waals surface area contributed by atoms with E-state index < -0.39 is 23.7 Å². The number of likely N-dealkylation sites (tertiary alicyclic amines) is 1. The first kappa shape index (κ1) is 24.0. The summed E-state index contributed by atoms with van der Waals surface area (Å²) in [6, 6.07) is 2.61. The quantitative estimate of drug-likeness (QED) is 0.640. The summed E-state index contributed by atoms with van der Waals surface area (Å²) in [5.41, 5.74) is 0.0945. The number of carbonyl (C=O) groups is 3. The van der Waals surface area contributed by atoms with Crippen LogP contribution < -0.4 is 5.32 Å². The van der Waals surface area contributed by atoms with Crippen LogP contribution in [0.5, 0.6) is 0 Å². The minimum absolute atomic E-state index is 0.0396. The molecule has 0 radical (unpaired) electrons. The maximum atomic E-state index is 13.6. The standard InChI is InChI=1S/C25H33N3O6/c1-25(2,3)34-24(31)28-11-10-18(15-8-6-5-7-9-15)20(28)21(29)27-17-12-16-13-19(23(30)32-4)33-22(16)26-14-17/h12-15,18,20H,5-11H2,1-4H3,(H,27,29)/t18-,20-/m0/s1. The number of nitrogens with one attached hydrogen (secondary N) is 1. The fourth-order valence-electron chi connectivity index (χ4n) is 5.15. The third-order valence-corrected chi connectivity index (χ3v) is 6.62. The van der Waals surface area contributed by atoms with Crippen molar-refractivity contribution >= 4 is 34.8 Å². The second kappa shape index (κ2) is 9.64. The number of pyridine rings is 1. The molecule has 0 aromatic carbocycles. The highest BCUT2D eigenvalue weighted by atomic mass is 16.6. The summed E-state index contributed by atoms with van der Waals surface area (Å²) in [5.74, 6) is -0.314. The van der Waals surface area contributed by atoms with Gasteiger partial charge in [0.1, 0.15) is 11.6 Å². The minimum Gasteiger partial charge on any atom is -0.463 e. The Kier molecular flexibility index (Phi) is 6.81. The van der Waals surface area contributed by atoms with Gasteiger partial charge in [0.25, 0.3) is 0 Å². The van der Waals surface area contributed by atoms with Crippen molar-refractivity contribution in [2.75, 3.05) is 19.0 Å². The van der Waals surface area contributed by atoms with E-state index in [1.165, 1.54) is 25.8 Å². The summed E-state index contributed by atoms with van der Waals surface area (Å²) in [5, 5.41) is 3.50. The highest BCUT2D eigenvalue weighted by Gasteiger charge is 2.46. The largest absolute Gasteiger partial charge is 0.463 e. The number of carbonyl (C=O) groups excluding carboxylic acids is 3. The molecule has 2 fully saturated rings. The van der Waals surface area contributed by atoms with Crippen LogP contribution in [0.15, 0.2) is 22.7 Å². The number of aromatic nitrogens is 1. The summed E-state index contributed by atoms with van der Waals surface area (Å²) in [4.78, 5) is 44.1. The third kappa shape index (κ3) is 5.18. The third-order valence-electron chi connectivity index (χ3n) is 6.62. The molecule has 1 saturated carbocycles. The van der Waals surface area contributed by atoms with Crippen LogP contribution in [0, 0.1) is 11.8 Å². The Labute approximate surface area is 199 Å². The van der Waals surface area contributed by atoms with Crippen LogP contribution in [0.4, 0.5) is 10.5 Å². The molecule has 1 saturated heterocycles. The van der Waals surface area contributed by atoms with Crippen LogP contribution in [-0.4, -0.2) is 53.2 Å². The fourth-order valence-corrected chi connectivity index (χ4v) is 5.15. The predicted molar refractivity (Wildman–Crippen MR) is 125 cm³/mol. The molecular formula is C25H33N3O6. The van der Waals surface area contributed by atoms with Crippen LogP contribution in [0.2, 0.25) is 0 Å². The number of hydrogen-bond acceptors (Lipinski definition) is 7. The Hall–Kier alpha value is -3.10. The lowest BCUT2D eigenvalue weighted by Crippen LogP contribution is -2.49. The molecule has 1 aliphatic heterocycles. The smallest absolute Gasteiger partial charge is 0.410 e. The van der Waals surface area contributed by atoms with E-state index in [0.717, 1.165) is 32.1 Å². The fraction of sp³-hybridized carbons (Fsp3) is 0.600. The Morgan fingerprint density at radius 2 is 1.85 bits per heavy atom. The molecule has 184 valence electrons. The normalized spacial score (nSPS) is 21.5. The number of anilines is 1. The van der Waals surface area contributed by atoms with Gasteiger partial charge in [-0.2, -0.15) is 0 Å². The number of esters is 1. The molecule has 0 spiro atoms. The van der Waals surface area contributed by atoms with Crippen LogP contribution in [0.25, 0.3) is 11.1 Å². The molecule has 2 aliphatic rings. The van der Waals surface area contributed by atoms with Crippen molar-refractivity contribution < 1.29 is 28.3 Å². The zero-order chi connectivity index (χ0) is 24.5. The highest BCUT2D eigenvalue weighted by molar-refractivity contribution is 5.99. The second-order valence-corrected chi connectivity index (χ2v) is 10.2. The molecule has 9 heteroatoms. The lowest BCUT2D eigenvalue weighted by Gasteiger charge is -2.34. The van der Waals surface area contributed by atoms with Crippen LogP contribution >= 0.6 is 0 Å². The van der Waals surface area contributed by atoms with Crippen molar-refractivity contribution in [3.63, 3.8) is 0 Å². The van der Waals surface area contributed by atoms with Crippen LogP contribution in [0.3, 0.4) is 0 Å². The number of rotatable bonds is 4. The van der Waals surface area contributed by atoms with E-state index in [4.69, 9.17) is 9.15 Å². The van der Waals surface area contributed by atoms with Gasteiger partial charge in [0.15, 0.2) is 0 Å². The van der Waals surface area contributed by atoms with Gasteiger partial charge in [0, 0.05) is 18.0 Å². The summed E-state index contributed by atoms with van der Waals surface area (Å²) >= 11 is 0. The Balaban J connectivity index is 1.57. The van der Waals surface area contributed by atoms with Crippen molar-refractivity contribution in [3.8, 4) is 0 Å². The van der Waals surface area contributed by atoms with Gasteiger partial charge in [0.05, 0.1) is 19.0 Å². The van der Waals surface area contributed by atoms with E-state index in [2.05, 4.69) is 15.0 Å². The van der Waals surface area contributed by atoms with E-state index in [0.29, 0.717) is 23.5 Å². The minimum atomic E-state index is -0.644.